The van der Waals surface area contributed by atoms with Gasteiger partial charge >= 0.3 is 0 Å². The van der Waals surface area contributed by atoms with Gasteiger partial charge in [0, 0.05) is 5.39 Å². The van der Waals surface area contributed by atoms with E-state index in [1.807, 2.05) is 26.0 Å². The minimum absolute atomic E-state index is 0.0676. The summed E-state index contributed by atoms with van der Waals surface area (Å²) in [7, 11) is 3.74. The van der Waals surface area contributed by atoms with Gasteiger partial charge in [0.25, 0.3) is 0 Å². The van der Waals surface area contributed by atoms with Crippen LogP contribution in [0.4, 0.5) is 0 Å². The van der Waals surface area contributed by atoms with E-state index < -0.39 is 0 Å². The second kappa shape index (κ2) is 6.16. The van der Waals surface area contributed by atoms with Gasteiger partial charge in [-0.2, -0.15) is 4.57 Å². The lowest BCUT2D eigenvalue weighted by atomic mass is 10.00. The largest absolute Gasteiger partial charge is 0.493 e. The zero-order valence-corrected chi connectivity index (χ0v) is 16.4. The highest BCUT2D eigenvalue weighted by atomic mass is 16.7. The molecular weight excluding hydrogens is 354 g/mol. The van der Waals surface area contributed by atoms with Gasteiger partial charge < -0.3 is 18.9 Å². The zero-order valence-electron chi connectivity index (χ0n) is 16.4. The van der Waals surface area contributed by atoms with E-state index in [-0.39, 0.29) is 12.9 Å². The molecule has 0 bridgehead atoms. The Morgan fingerprint density at radius 2 is 1.68 bits per heavy atom. The number of pyridine rings is 1. The minimum atomic E-state index is 0.0676. The minimum Gasteiger partial charge on any atom is -0.493 e. The second-order valence-corrected chi connectivity index (χ2v) is 7.39. The van der Waals surface area contributed by atoms with Crippen molar-refractivity contribution in [1.29, 1.82) is 0 Å². The number of benzene rings is 3. The third kappa shape index (κ3) is 2.50. The van der Waals surface area contributed by atoms with E-state index in [0.29, 0.717) is 0 Å². The van der Waals surface area contributed by atoms with Crippen LogP contribution in [-0.2, 0) is 7.05 Å². The summed E-state index contributed by atoms with van der Waals surface area (Å²) in [5.41, 5.74) is 1.14. The first-order valence-corrected chi connectivity index (χ1v) is 9.38. The summed E-state index contributed by atoms with van der Waals surface area (Å²) in [6.45, 7) is 4.31. The second-order valence-electron chi connectivity index (χ2n) is 7.39. The maximum absolute atomic E-state index is 6.00. The van der Waals surface area contributed by atoms with Gasteiger partial charge in [0.2, 0.25) is 12.3 Å². The summed E-state index contributed by atoms with van der Waals surface area (Å²) in [5, 5.41) is 5.64. The molecule has 0 fully saturated rings. The van der Waals surface area contributed by atoms with Crippen LogP contribution in [0.2, 0.25) is 0 Å². The lowest BCUT2D eigenvalue weighted by Gasteiger charge is -2.15. The topological polar surface area (TPSA) is 40.8 Å². The average Bonchev–Trinajstić information content (AvgIpc) is 3.12. The molecule has 0 spiro atoms. The highest BCUT2D eigenvalue weighted by Gasteiger charge is 2.21. The molecule has 0 aliphatic carbocycles. The van der Waals surface area contributed by atoms with Gasteiger partial charge in [-0.1, -0.05) is 6.07 Å². The SMILES string of the molecule is COc1cc2c[n+](C)c3c4cc5c(cc4ccc3c2cc1OC(C)C)OCO5. The van der Waals surface area contributed by atoms with Crippen LogP contribution >= 0.6 is 0 Å². The number of ether oxygens (including phenoxy) is 4. The van der Waals surface area contributed by atoms with Gasteiger partial charge in [-0.3, -0.25) is 0 Å². The molecule has 0 N–H and O–H groups in total. The molecule has 1 aromatic heterocycles. The first kappa shape index (κ1) is 16.9. The smallest absolute Gasteiger partial charge is 0.231 e. The molecule has 2 heterocycles. The van der Waals surface area contributed by atoms with Crippen molar-refractivity contribution in [2.24, 2.45) is 7.05 Å². The number of hydrogen-bond donors (Lipinski definition) is 0. The van der Waals surface area contributed by atoms with E-state index in [9.17, 15) is 0 Å². The molecule has 4 aromatic rings. The van der Waals surface area contributed by atoms with Gasteiger partial charge in [-0.15, -0.1) is 0 Å². The highest BCUT2D eigenvalue weighted by Crippen LogP contribution is 2.40. The molecule has 28 heavy (non-hydrogen) atoms. The van der Waals surface area contributed by atoms with Gasteiger partial charge in [-0.05, 0) is 49.6 Å². The molecule has 0 saturated carbocycles. The molecule has 0 amide bonds. The number of hydrogen-bond acceptors (Lipinski definition) is 4. The lowest BCUT2D eigenvalue weighted by molar-refractivity contribution is -0.642. The normalized spacial score (nSPS) is 13.0. The van der Waals surface area contributed by atoms with Crippen LogP contribution in [0, 0.1) is 0 Å². The Balaban J connectivity index is 1.86. The molecule has 5 nitrogen and oxygen atoms in total. The fraction of sp³-hybridized carbons (Fsp3) is 0.261. The van der Waals surface area contributed by atoms with Gasteiger partial charge in [0.1, 0.15) is 7.05 Å². The Morgan fingerprint density at radius 3 is 2.43 bits per heavy atom. The van der Waals surface area contributed by atoms with Gasteiger partial charge in [0.05, 0.1) is 29.4 Å². The van der Waals surface area contributed by atoms with E-state index in [4.69, 9.17) is 18.9 Å². The van der Waals surface area contributed by atoms with E-state index in [1.54, 1.807) is 7.11 Å². The van der Waals surface area contributed by atoms with E-state index >= 15 is 0 Å². The monoisotopic (exact) mass is 376 g/mol. The van der Waals surface area contributed by atoms with Crippen molar-refractivity contribution in [3.8, 4) is 23.0 Å². The quantitative estimate of drug-likeness (QED) is 0.390. The Kier molecular flexibility index (Phi) is 3.72. The van der Waals surface area contributed by atoms with E-state index in [0.717, 1.165) is 55.4 Å². The Hall–Kier alpha value is -3.21. The molecular formula is C23H22NO4+. The highest BCUT2D eigenvalue weighted by molar-refractivity contribution is 6.14. The maximum atomic E-state index is 6.00. The fourth-order valence-corrected chi connectivity index (χ4v) is 3.99. The van der Waals surface area contributed by atoms with Crippen LogP contribution in [-0.4, -0.2) is 20.0 Å². The van der Waals surface area contributed by atoms with Crippen LogP contribution in [0.15, 0.2) is 42.6 Å². The summed E-state index contributed by atoms with van der Waals surface area (Å²) in [6, 6.07) is 12.5. The molecule has 1 aliphatic heterocycles. The predicted octanol–water partition coefficient (Wildman–Crippen LogP) is 4.50. The van der Waals surface area contributed by atoms with Crippen LogP contribution in [0.3, 0.4) is 0 Å². The van der Waals surface area contributed by atoms with Crippen molar-refractivity contribution < 1.29 is 23.5 Å². The predicted molar refractivity (Wildman–Crippen MR) is 109 cm³/mol. The molecule has 0 saturated heterocycles. The summed E-state index contributed by atoms with van der Waals surface area (Å²) in [4.78, 5) is 0. The summed E-state index contributed by atoms with van der Waals surface area (Å²) < 4.78 is 24.9. The molecule has 0 unspecified atom stereocenters. The van der Waals surface area contributed by atoms with E-state index in [2.05, 4.69) is 42.1 Å². The zero-order chi connectivity index (χ0) is 19.4. The van der Waals surface area contributed by atoms with Crippen LogP contribution in [0.1, 0.15) is 13.8 Å². The summed E-state index contributed by atoms with van der Waals surface area (Å²) >= 11 is 0. The first-order valence-electron chi connectivity index (χ1n) is 9.38. The first-order chi connectivity index (χ1) is 13.5. The molecule has 0 atom stereocenters. The molecule has 3 aromatic carbocycles. The van der Waals surface area contributed by atoms with Crippen molar-refractivity contribution in [2.75, 3.05) is 13.9 Å². The number of fused-ring (bicyclic) bond motifs is 6. The Labute approximate surface area is 163 Å². The number of methoxy groups -OCH3 is 1. The molecule has 142 valence electrons. The number of nitrogens with zero attached hydrogens (tertiary/aromatic N) is 1. The Bertz CT molecular complexity index is 1250. The third-order valence-corrected chi connectivity index (χ3v) is 5.16. The van der Waals surface area contributed by atoms with Crippen molar-refractivity contribution in [1.82, 2.24) is 0 Å². The van der Waals surface area contributed by atoms with Crippen molar-refractivity contribution in [3.05, 3.63) is 42.6 Å². The molecule has 5 rings (SSSR count). The van der Waals surface area contributed by atoms with Crippen LogP contribution in [0.5, 0.6) is 23.0 Å². The van der Waals surface area contributed by atoms with Gasteiger partial charge in [-0.25, -0.2) is 0 Å². The van der Waals surface area contributed by atoms with Crippen molar-refractivity contribution in [3.63, 3.8) is 0 Å². The lowest BCUT2D eigenvalue weighted by Crippen LogP contribution is -2.28. The summed E-state index contributed by atoms with van der Waals surface area (Å²) in [5.74, 6) is 3.09. The third-order valence-electron chi connectivity index (χ3n) is 5.16. The van der Waals surface area contributed by atoms with E-state index in [1.165, 1.54) is 0 Å². The number of rotatable bonds is 3. The maximum Gasteiger partial charge on any atom is 0.231 e. The average molecular weight is 376 g/mol. The van der Waals surface area contributed by atoms with Crippen LogP contribution < -0.4 is 23.5 Å². The number of aryl methyl sites for hydroxylation is 1. The fourth-order valence-electron chi connectivity index (χ4n) is 3.99. The molecule has 1 aliphatic rings. The van der Waals surface area contributed by atoms with Crippen molar-refractivity contribution in [2.45, 2.75) is 20.0 Å². The molecule has 5 heteroatoms. The van der Waals surface area contributed by atoms with Crippen molar-refractivity contribution >= 4 is 32.4 Å². The van der Waals surface area contributed by atoms with Crippen LogP contribution in [0.25, 0.3) is 32.4 Å². The summed E-state index contributed by atoms with van der Waals surface area (Å²) in [6.07, 6.45) is 2.20. The standard InChI is InChI=1S/C23H22NO4/c1-13(2)28-22-9-17-15(8-19(22)25-4)11-24(3)23-16(17)6-5-14-7-20-21(10-18(14)23)27-12-26-20/h5-11,13H,12H2,1-4H3/q+1. The Morgan fingerprint density at radius 1 is 0.893 bits per heavy atom. The van der Waals surface area contributed by atoms with Gasteiger partial charge in [0.15, 0.2) is 29.2 Å². The molecule has 0 radical (unpaired) electrons. The number of aromatic nitrogens is 1.